The van der Waals surface area contributed by atoms with E-state index in [2.05, 4.69) is 0 Å². The molecule has 3 heteroatoms. The Morgan fingerprint density at radius 3 is 2.94 bits per heavy atom. The standard InChI is InChI=1S/C13H12O3/c1-9-10(6-7-13(14)15)8-11-4-2-3-5-12(11)16-9/h2-9H,1H3,(H,14,15)/b7-6+/t9-/m1/s1. The second-order valence-corrected chi connectivity index (χ2v) is 3.61. The van der Waals surface area contributed by atoms with Crippen LogP contribution >= 0.6 is 0 Å². The summed E-state index contributed by atoms with van der Waals surface area (Å²) in [5.41, 5.74) is 1.84. The lowest BCUT2D eigenvalue weighted by molar-refractivity contribution is -0.131. The summed E-state index contributed by atoms with van der Waals surface area (Å²) in [5, 5.41) is 8.57. The molecule has 0 unspecified atom stereocenters. The summed E-state index contributed by atoms with van der Waals surface area (Å²) in [6, 6.07) is 7.68. The average molecular weight is 216 g/mol. The van der Waals surface area contributed by atoms with Crippen LogP contribution in [0.4, 0.5) is 0 Å². The van der Waals surface area contributed by atoms with Gasteiger partial charge in [-0.15, -0.1) is 0 Å². The van der Waals surface area contributed by atoms with Crippen molar-refractivity contribution < 1.29 is 14.6 Å². The maximum absolute atomic E-state index is 10.4. The van der Waals surface area contributed by atoms with Crippen LogP contribution in [0, 0.1) is 0 Å². The Morgan fingerprint density at radius 1 is 1.44 bits per heavy atom. The minimum Gasteiger partial charge on any atom is -0.485 e. The SMILES string of the molecule is C[C@H]1Oc2ccccc2C=C1/C=C/C(=O)O. The molecule has 1 heterocycles. The van der Waals surface area contributed by atoms with Gasteiger partial charge in [-0.3, -0.25) is 0 Å². The van der Waals surface area contributed by atoms with Gasteiger partial charge in [0.25, 0.3) is 0 Å². The first-order valence-electron chi connectivity index (χ1n) is 5.05. The number of carboxylic acid groups (broad SMARTS) is 1. The lowest BCUT2D eigenvalue weighted by atomic mass is 10.0. The Kier molecular flexibility index (Phi) is 2.77. The quantitative estimate of drug-likeness (QED) is 0.772. The smallest absolute Gasteiger partial charge is 0.328 e. The molecule has 1 aliphatic rings. The maximum Gasteiger partial charge on any atom is 0.328 e. The van der Waals surface area contributed by atoms with Crippen LogP contribution < -0.4 is 4.74 Å². The van der Waals surface area contributed by atoms with E-state index in [1.165, 1.54) is 0 Å². The predicted octanol–water partition coefficient (Wildman–Crippen LogP) is 2.49. The molecule has 0 amide bonds. The van der Waals surface area contributed by atoms with Gasteiger partial charge < -0.3 is 9.84 Å². The summed E-state index contributed by atoms with van der Waals surface area (Å²) >= 11 is 0. The molecule has 0 aliphatic carbocycles. The van der Waals surface area contributed by atoms with Gasteiger partial charge in [0.05, 0.1) is 0 Å². The van der Waals surface area contributed by atoms with Crippen molar-refractivity contribution in [3.63, 3.8) is 0 Å². The van der Waals surface area contributed by atoms with Crippen LogP contribution in [0.25, 0.3) is 6.08 Å². The number of benzene rings is 1. The normalized spacial score (nSPS) is 18.8. The predicted molar refractivity (Wildman–Crippen MR) is 61.3 cm³/mol. The van der Waals surface area contributed by atoms with Gasteiger partial charge in [-0.25, -0.2) is 4.79 Å². The minimum absolute atomic E-state index is 0.120. The molecule has 1 aliphatic heterocycles. The molecule has 0 aromatic heterocycles. The Labute approximate surface area is 93.7 Å². The topological polar surface area (TPSA) is 46.5 Å². The third kappa shape index (κ3) is 2.14. The average Bonchev–Trinajstić information content (AvgIpc) is 2.26. The third-order valence-corrected chi connectivity index (χ3v) is 2.43. The Hall–Kier alpha value is -2.03. The molecule has 16 heavy (non-hydrogen) atoms. The van der Waals surface area contributed by atoms with Gasteiger partial charge in [0.15, 0.2) is 0 Å². The summed E-state index contributed by atoms with van der Waals surface area (Å²) in [5.74, 6) is -0.116. The number of hydrogen-bond acceptors (Lipinski definition) is 2. The van der Waals surface area contributed by atoms with Gasteiger partial charge in [-0.2, -0.15) is 0 Å². The first-order chi connectivity index (χ1) is 7.66. The van der Waals surface area contributed by atoms with E-state index in [0.717, 1.165) is 23.0 Å². The van der Waals surface area contributed by atoms with Crippen molar-refractivity contribution in [2.45, 2.75) is 13.0 Å². The van der Waals surface area contributed by atoms with Crippen LogP contribution in [0.3, 0.4) is 0 Å². The van der Waals surface area contributed by atoms with Crippen molar-refractivity contribution in [2.24, 2.45) is 0 Å². The second-order valence-electron chi connectivity index (χ2n) is 3.61. The summed E-state index contributed by atoms with van der Waals surface area (Å²) in [7, 11) is 0. The number of para-hydroxylation sites is 1. The zero-order valence-corrected chi connectivity index (χ0v) is 8.88. The fourth-order valence-corrected chi connectivity index (χ4v) is 1.61. The van der Waals surface area contributed by atoms with Crippen molar-refractivity contribution in [3.05, 3.63) is 47.6 Å². The molecule has 0 radical (unpaired) electrons. The van der Waals surface area contributed by atoms with E-state index in [0.29, 0.717) is 0 Å². The fourth-order valence-electron chi connectivity index (χ4n) is 1.61. The summed E-state index contributed by atoms with van der Waals surface area (Å²) < 4.78 is 5.66. The molecule has 0 bridgehead atoms. The molecule has 1 N–H and O–H groups in total. The highest BCUT2D eigenvalue weighted by Crippen LogP contribution is 2.29. The lowest BCUT2D eigenvalue weighted by Crippen LogP contribution is -2.17. The Balaban J connectivity index is 2.34. The molecule has 1 aromatic carbocycles. The van der Waals surface area contributed by atoms with Gasteiger partial charge in [-0.05, 0) is 30.7 Å². The largest absolute Gasteiger partial charge is 0.485 e. The molecule has 1 atom stereocenters. The molecule has 0 fully saturated rings. The maximum atomic E-state index is 10.4. The third-order valence-electron chi connectivity index (χ3n) is 2.43. The highest BCUT2D eigenvalue weighted by atomic mass is 16.5. The monoisotopic (exact) mass is 216 g/mol. The number of aliphatic carboxylic acids is 1. The van der Waals surface area contributed by atoms with Crippen LogP contribution in [0.15, 0.2) is 42.0 Å². The first-order valence-corrected chi connectivity index (χ1v) is 5.05. The van der Waals surface area contributed by atoms with Crippen LogP contribution in [0.1, 0.15) is 12.5 Å². The molecular weight excluding hydrogens is 204 g/mol. The molecule has 1 aromatic rings. The summed E-state index contributed by atoms with van der Waals surface area (Å²) in [6.45, 7) is 1.90. The van der Waals surface area contributed by atoms with Crippen LogP contribution in [0.2, 0.25) is 0 Å². The van der Waals surface area contributed by atoms with Gasteiger partial charge >= 0.3 is 5.97 Å². The van der Waals surface area contributed by atoms with E-state index < -0.39 is 5.97 Å². The fraction of sp³-hybridized carbons (Fsp3) is 0.154. The summed E-state index contributed by atoms with van der Waals surface area (Å²) in [6.07, 6.45) is 4.52. The number of fused-ring (bicyclic) bond motifs is 1. The van der Waals surface area contributed by atoms with E-state index >= 15 is 0 Å². The van der Waals surface area contributed by atoms with Crippen LogP contribution in [0.5, 0.6) is 5.75 Å². The molecule has 0 saturated carbocycles. The molecule has 0 spiro atoms. The number of ether oxygens (including phenoxy) is 1. The Bertz CT molecular complexity index is 472. The Morgan fingerprint density at radius 2 is 2.19 bits per heavy atom. The highest BCUT2D eigenvalue weighted by Gasteiger charge is 2.16. The van der Waals surface area contributed by atoms with Crippen LogP contribution in [-0.2, 0) is 4.79 Å². The van der Waals surface area contributed by atoms with E-state index in [1.807, 2.05) is 37.3 Å². The molecular formula is C13H12O3. The van der Waals surface area contributed by atoms with Gasteiger partial charge in [0, 0.05) is 11.6 Å². The minimum atomic E-state index is -0.952. The molecule has 2 rings (SSSR count). The van der Waals surface area contributed by atoms with Crippen molar-refractivity contribution in [1.29, 1.82) is 0 Å². The van der Waals surface area contributed by atoms with Crippen molar-refractivity contribution in [1.82, 2.24) is 0 Å². The van der Waals surface area contributed by atoms with Gasteiger partial charge in [0.1, 0.15) is 11.9 Å². The lowest BCUT2D eigenvalue weighted by Gasteiger charge is -2.22. The molecule has 0 saturated heterocycles. The number of rotatable bonds is 2. The zero-order chi connectivity index (χ0) is 11.5. The molecule has 3 nitrogen and oxygen atoms in total. The van der Waals surface area contributed by atoms with Crippen molar-refractivity contribution in [2.75, 3.05) is 0 Å². The molecule has 82 valence electrons. The first kappa shape index (κ1) is 10.5. The van der Waals surface area contributed by atoms with Crippen LogP contribution in [-0.4, -0.2) is 17.2 Å². The van der Waals surface area contributed by atoms with E-state index in [4.69, 9.17) is 9.84 Å². The van der Waals surface area contributed by atoms with Crippen molar-refractivity contribution >= 4 is 12.0 Å². The zero-order valence-electron chi connectivity index (χ0n) is 8.88. The van der Waals surface area contributed by atoms with E-state index in [-0.39, 0.29) is 6.10 Å². The van der Waals surface area contributed by atoms with E-state index in [1.54, 1.807) is 6.08 Å². The number of hydrogen-bond donors (Lipinski definition) is 1. The van der Waals surface area contributed by atoms with Gasteiger partial charge in [0.2, 0.25) is 0 Å². The highest BCUT2D eigenvalue weighted by molar-refractivity contribution is 5.81. The van der Waals surface area contributed by atoms with Gasteiger partial charge in [-0.1, -0.05) is 18.2 Å². The number of carbonyl (C=O) groups is 1. The van der Waals surface area contributed by atoms with Crippen molar-refractivity contribution in [3.8, 4) is 5.75 Å². The van der Waals surface area contributed by atoms with E-state index in [9.17, 15) is 4.79 Å². The number of carboxylic acids is 1. The summed E-state index contributed by atoms with van der Waals surface area (Å²) in [4.78, 5) is 10.4. The second kappa shape index (κ2) is 4.23.